The van der Waals surface area contributed by atoms with Gasteiger partial charge in [0.05, 0.1) is 39.3 Å². The van der Waals surface area contributed by atoms with E-state index < -0.39 is 6.04 Å². The first-order valence-corrected chi connectivity index (χ1v) is 9.74. The molecule has 27 heavy (non-hydrogen) atoms. The van der Waals surface area contributed by atoms with Crippen LogP contribution >= 0.6 is 27.5 Å². The number of rotatable bonds is 5. The van der Waals surface area contributed by atoms with Crippen LogP contribution in [-0.4, -0.2) is 25.5 Å². The molecule has 0 saturated heterocycles. The molecule has 6 nitrogen and oxygen atoms in total. The quantitative estimate of drug-likeness (QED) is 0.614. The van der Waals surface area contributed by atoms with Crippen LogP contribution in [-0.2, 0) is 11.3 Å². The largest absolute Gasteiger partial charge is 0.324 e. The molecule has 3 aromatic rings. The van der Waals surface area contributed by atoms with Crippen LogP contribution in [0.5, 0.6) is 0 Å². The summed E-state index contributed by atoms with van der Waals surface area (Å²) in [7, 11) is 0. The maximum absolute atomic E-state index is 12.6. The average Bonchev–Trinajstić information content (AvgIpc) is 3.09. The maximum Gasteiger partial charge on any atom is 0.248 e. The number of carbonyl (C=O) groups is 1. The van der Waals surface area contributed by atoms with E-state index in [2.05, 4.69) is 31.4 Å². The summed E-state index contributed by atoms with van der Waals surface area (Å²) in [6, 6.07) is 7.30. The van der Waals surface area contributed by atoms with E-state index in [-0.39, 0.29) is 5.91 Å². The molecule has 0 saturated carbocycles. The number of anilines is 1. The Bertz CT molecular complexity index is 994. The number of hydrogen-bond acceptors (Lipinski definition) is 3. The number of halogens is 2. The summed E-state index contributed by atoms with van der Waals surface area (Å²) in [6.07, 6.45) is 1.55. The fourth-order valence-corrected chi connectivity index (χ4v) is 3.31. The van der Waals surface area contributed by atoms with Gasteiger partial charge in [-0.15, -0.1) is 0 Å². The van der Waals surface area contributed by atoms with E-state index >= 15 is 0 Å². The minimum atomic E-state index is -0.465. The summed E-state index contributed by atoms with van der Waals surface area (Å²) in [4.78, 5) is 12.6. The van der Waals surface area contributed by atoms with Gasteiger partial charge in [0.15, 0.2) is 0 Å². The smallest absolute Gasteiger partial charge is 0.248 e. The number of amides is 1. The minimum Gasteiger partial charge on any atom is -0.324 e. The van der Waals surface area contributed by atoms with E-state index in [4.69, 9.17) is 11.6 Å². The molecule has 2 aromatic heterocycles. The lowest BCUT2D eigenvalue weighted by Gasteiger charge is -2.15. The monoisotopic (exact) mass is 449 g/mol. The molecule has 0 fully saturated rings. The van der Waals surface area contributed by atoms with Gasteiger partial charge in [-0.2, -0.15) is 10.2 Å². The Morgan fingerprint density at radius 2 is 2.04 bits per heavy atom. The van der Waals surface area contributed by atoms with Crippen LogP contribution in [0.2, 0.25) is 5.02 Å². The molecule has 1 atom stereocenters. The van der Waals surface area contributed by atoms with Crippen LogP contribution in [0, 0.1) is 20.8 Å². The van der Waals surface area contributed by atoms with Gasteiger partial charge < -0.3 is 5.32 Å². The minimum absolute atomic E-state index is 0.149. The van der Waals surface area contributed by atoms with Crippen LogP contribution in [0.25, 0.3) is 0 Å². The lowest BCUT2D eigenvalue weighted by molar-refractivity contribution is -0.119. The Balaban J connectivity index is 1.74. The first kappa shape index (κ1) is 19.6. The highest BCUT2D eigenvalue weighted by molar-refractivity contribution is 9.10. The van der Waals surface area contributed by atoms with Gasteiger partial charge in [0, 0.05) is 5.69 Å². The van der Waals surface area contributed by atoms with Crippen molar-refractivity contribution in [2.45, 2.75) is 40.3 Å². The van der Waals surface area contributed by atoms with Crippen LogP contribution in [0.3, 0.4) is 0 Å². The van der Waals surface area contributed by atoms with E-state index in [0.717, 1.165) is 32.8 Å². The lowest BCUT2D eigenvalue weighted by Crippen LogP contribution is -2.25. The summed E-state index contributed by atoms with van der Waals surface area (Å²) in [5.74, 6) is -0.149. The second-order valence-electron chi connectivity index (χ2n) is 6.53. The number of carbonyl (C=O) groups excluding carboxylic acids is 1. The first-order valence-electron chi connectivity index (χ1n) is 8.57. The van der Waals surface area contributed by atoms with E-state index in [1.165, 1.54) is 0 Å². The van der Waals surface area contributed by atoms with Crippen LogP contribution < -0.4 is 5.32 Å². The third kappa shape index (κ3) is 4.09. The van der Waals surface area contributed by atoms with Crippen molar-refractivity contribution in [3.8, 4) is 0 Å². The van der Waals surface area contributed by atoms with Crippen molar-refractivity contribution in [1.29, 1.82) is 0 Å². The van der Waals surface area contributed by atoms with Gasteiger partial charge in [-0.3, -0.25) is 14.2 Å². The van der Waals surface area contributed by atoms with Gasteiger partial charge in [0.2, 0.25) is 5.91 Å². The summed E-state index contributed by atoms with van der Waals surface area (Å²) < 4.78 is 4.58. The molecule has 2 heterocycles. The van der Waals surface area contributed by atoms with Gasteiger partial charge in [0.25, 0.3) is 0 Å². The van der Waals surface area contributed by atoms with Crippen LogP contribution in [0.15, 0.2) is 34.9 Å². The second-order valence-corrected chi connectivity index (χ2v) is 7.73. The van der Waals surface area contributed by atoms with Crippen LogP contribution in [0.1, 0.15) is 35.6 Å². The van der Waals surface area contributed by atoms with Crippen molar-refractivity contribution in [2.24, 2.45) is 0 Å². The van der Waals surface area contributed by atoms with Gasteiger partial charge >= 0.3 is 0 Å². The van der Waals surface area contributed by atoms with E-state index in [1.54, 1.807) is 17.8 Å². The van der Waals surface area contributed by atoms with E-state index in [9.17, 15) is 4.79 Å². The Kier molecular flexibility index (Phi) is 5.72. The topological polar surface area (TPSA) is 64.7 Å². The van der Waals surface area contributed by atoms with Crippen molar-refractivity contribution in [1.82, 2.24) is 19.6 Å². The van der Waals surface area contributed by atoms with Crippen molar-refractivity contribution >= 4 is 39.1 Å². The Hall–Kier alpha value is -2.12. The molecule has 0 aliphatic rings. The summed E-state index contributed by atoms with van der Waals surface area (Å²) in [6.45, 7) is 8.25. The molecule has 142 valence electrons. The number of hydrogen-bond donors (Lipinski definition) is 1. The third-order valence-electron chi connectivity index (χ3n) is 4.55. The zero-order valence-electron chi connectivity index (χ0n) is 15.6. The Morgan fingerprint density at radius 3 is 2.63 bits per heavy atom. The zero-order chi connectivity index (χ0) is 19.7. The fraction of sp³-hybridized carbons (Fsp3) is 0.316. The Morgan fingerprint density at radius 1 is 1.30 bits per heavy atom. The van der Waals surface area contributed by atoms with Gasteiger partial charge in [-0.05, 0) is 61.3 Å². The number of nitrogens with zero attached hydrogens (tertiary/aromatic N) is 4. The average molecular weight is 451 g/mol. The SMILES string of the molecule is Cc1nn(Cc2cccc(NC(=O)C(C)n3ncc(Cl)c3C)c2)c(C)c1Br. The van der Waals surface area contributed by atoms with Crippen molar-refractivity contribution in [3.63, 3.8) is 0 Å². The van der Waals surface area contributed by atoms with Gasteiger partial charge in [0.1, 0.15) is 6.04 Å². The molecule has 1 unspecified atom stereocenters. The van der Waals surface area contributed by atoms with Crippen LogP contribution in [0.4, 0.5) is 5.69 Å². The molecular formula is C19H21BrClN5O. The molecule has 0 aliphatic heterocycles. The molecule has 8 heteroatoms. The van der Waals surface area contributed by atoms with Crippen molar-refractivity contribution < 1.29 is 4.79 Å². The van der Waals surface area contributed by atoms with Crippen molar-refractivity contribution in [2.75, 3.05) is 5.32 Å². The molecule has 0 aliphatic carbocycles. The molecule has 1 N–H and O–H groups in total. The highest BCUT2D eigenvalue weighted by atomic mass is 79.9. The summed E-state index contributed by atoms with van der Waals surface area (Å²) in [5.41, 5.74) is 4.58. The predicted octanol–water partition coefficient (Wildman–Crippen LogP) is 4.67. The van der Waals surface area contributed by atoms with Gasteiger partial charge in [-0.25, -0.2) is 0 Å². The number of benzene rings is 1. The normalized spacial score (nSPS) is 12.2. The molecule has 0 radical (unpaired) electrons. The van der Waals surface area contributed by atoms with Crippen molar-refractivity contribution in [3.05, 3.63) is 62.6 Å². The molecular weight excluding hydrogens is 430 g/mol. The number of aryl methyl sites for hydroxylation is 1. The number of nitrogens with one attached hydrogen (secondary N) is 1. The molecule has 0 bridgehead atoms. The fourth-order valence-electron chi connectivity index (χ4n) is 2.90. The highest BCUT2D eigenvalue weighted by Crippen LogP contribution is 2.22. The van der Waals surface area contributed by atoms with E-state index in [1.807, 2.05) is 49.7 Å². The molecule has 1 aromatic carbocycles. The maximum atomic E-state index is 12.6. The molecule has 1 amide bonds. The molecule has 3 rings (SSSR count). The zero-order valence-corrected chi connectivity index (χ0v) is 18.0. The van der Waals surface area contributed by atoms with E-state index in [0.29, 0.717) is 11.6 Å². The summed E-state index contributed by atoms with van der Waals surface area (Å²) in [5, 5.41) is 12.2. The highest BCUT2D eigenvalue weighted by Gasteiger charge is 2.19. The summed E-state index contributed by atoms with van der Waals surface area (Å²) >= 11 is 9.58. The standard InChI is InChI=1S/C19H21BrClN5O/c1-11-18(20)13(3)25(24-11)10-15-6-5-7-16(8-15)23-19(27)14(4)26-12(2)17(21)9-22-26/h5-9,14H,10H2,1-4H3,(H,23,27). The lowest BCUT2D eigenvalue weighted by atomic mass is 10.2. The first-order chi connectivity index (χ1) is 12.8. The number of aromatic nitrogens is 4. The predicted molar refractivity (Wildman–Crippen MR) is 110 cm³/mol. The Labute approximate surface area is 171 Å². The second kappa shape index (κ2) is 7.86. The molecule has 0 spiro atoms. The van der Waals surface area contributed by atoms with Gasteiger partial charge in [-0.1, -0.05) is 23.7 Å². The third-order valence-corrected chi connectivity index (χ3v) is 6.07.